The van der Waals surface area contributed by atoms with Crippen LogP contribution in [0.5, 0.6) is 11.5 Å². The Labute approximate surface area is 136 Å². The van der Waals surface area contributed by atoms with E-state index in [0.29, 0.717) is 13.2 Å². The van der Waals surface area contributed by atoms with Crippen molar-refractivity contribution in [2.24, 2.45) is 0 Å². The lowest BCUT2D eigenvalue weighted by Gasteiger charge is -2.11. The predicted octanol–water partition coefficient (Wildman–Crippen LogP) is 3.86. The van der Waals surface area contributed by atoms with Crippen molar-refractivity contribution >= 4 is 12.0 Å². The van der Waals surface area contributed by atoms with Crippen LogP contribution in [0.3, 0.4) is 0 Å². The van der Waals surface area contributed by atoms with Gasteiger partial charge in [-0.2, -0.15) is 0 Å². The molecule has 0 saturated carbocycles. The van der Waals surface area contributed by atoms with Crippen molar-refractivity contribution < 1.29 is 19.4 Å². The second-order valence-corrected chi connectivity index (χ2v) is 5.14. The lowest BCUT2D eigenvalue weighted by molar-refractivity contribution is -0.131. The fraction of sp³-hybridized carbons (Fsp3) is 0.211. The third-order valence-electron chi connectivity index (χ3n) is 3.46. The molecule has 0 spiro atoms. The van der Waals surface area contributed by atoms with Gasteiger partial charge in [0.1, 0.15) is 24.7 Å². The zero-order chi connectivity index (χ0) is 16.7. The number of benzene rings is 2. The first-order valence-electron chi connectivity index (χ1n) is 7.39. The molecule has 0 aliphatic rings. The summed E-state index contributed by atoms with van der Waals surface area (Å²) in [5.41, 5.74) is 3.15. The smallest absolute Gasteiger partial charge is 0.328 e. The van der Waals surface area contributed by atoms with E-state index in [1.54, 1.807) is 24.3 Å². The van der Waals surface area contributed by atoms with Crippen molar-refractivity contribution in [2.45, 2.75) is 13.8 Å². The Morgan fingerprint density at radius 3 is 2.43 bits per heavy atom. The first-order chi connectivity index (χ1) is 11.1. The lowest BCUT2D eigenvalue weighted by Crippen LogP contribution is -2.09. The van der Waals surface area contributed by atoms with Gasteiger partial charge in [0, 0.05) is 6.08 Å². The lowest BCUT2D eigenvalue weighted by atomic mass is 10.1. The summed E-state index contributed by atoms with van der Waals surface area (Å²) in [4.78, 5) is 10.5. The maximum absolute atomic E-state index is 10.5. The van der Waals surface area contributed by atoms with Crippen LogP contribution in [-0.4, -0.2) is 24.3 Å². The SMILES string of the molecule is Cc1cccc(OCCOc2ccc(C=CC(=O)O)cc2)c1C. The highest BCUT2D eigenvalue weighted by atomic mass is 16.5. The van der Waals surface area contributed by atoms with Gasteiger partial charge in [0.05, 0.1) is 0 Å². The molecule has 0 amide bonds. The van der Waals surface area contributed by atoms with Gasteiger partial charge in [0.25, 0.3) is 0 Å². The molecule has 0 aliphatic carbocycles. The van der Waals surface area contributed by atoms with E-state index in [0.717, 1.165) is 28.7 Å². The summed E-state index contributed by atoms with van der Waals surface area (Å²) in [6.45, 7) is 5.00. The van der Waals surface area contributed by atoms with E-state index in [2.05, 4.69) is 13.0 Å². The van der Waals surface area contributed by atoms with Gasteiger partial charge in [-0.25, -0.2) is 4.79 Å². The number of carboxylic acids is 1. The minimum absolute atomic E-state index is 0.442. The van der Waals surface area contributed by atoms with Crippen LogP contribution in [0.1, 0.15) is 16.7 Å². The number of aryl methyl sites for hydroxylation is 1. The molecule has 120 valence electrons. The number of carbonyl (C=O) groups is 1. The molecule has 2 aromatic carbocycles. The van der Waals surface area contributed by atoms with Crippen molar-refractivity contribution in [3.63, 3.8) is 0 Å². The molecule has 23 heavy (non-hydrogen) atoms. The molecule has 0 fully saturated rings. The summed E-state index contributed by atoms with van der Waals surface area (Å²) >= 11 is 0. The van der Waals surface area contributed by atoms with Crippen LogP contribution < -0.4 is 9.47 Å². The van der Waals surface area contributed by atoms with Gasteiger partial charge in [-0.3, -0.25) is 0 Å². The van der Waals surface area contributed by atoms with Crippen molar-refractivity contribution in [2.75, 3.05) is 13.2 Å². The van der Waals surface area contributed by atoms with Crippen LogP contribution >= 0.6 is 0 Å². The monoisotopic (exact) mass is 312 g/mol. The molecule has 4 nitrogen and oxygen atoms in total. The Balaban J connectivity index is 1.80. The Morgan fingerprint density at radius 1 is 1.04 bits per heavy atom. The van der Waals surface area contributed by atoms with Gasteiger partial charge in [-0.05, 0) is 54.8 Å². The molecule has 0 unspecified atom stereocenters. The van der Waals surface area contributed by atoms with Crippen LogP contribution in [0.25, 0.3) is 6.08 Å². The molecular formula is C19H20O4. The number of aliphatic carboxylic acids is 1. The largest absolute Gasteiger partial charge is 0.490 e. The van der Waals surface area contributed by atoms with Gasteiger partial charge in [-0.1, -0.05) is 24.3 Å². The maximum Gasteiger partial charge on any atom is 0.328 e. The van der Waals surface area contributed by atoms with E-state index >= 15 is 0 Å². The van der Waals surface area contributed by atoms with Gasteiger partial charge in [0.2, 0.25) is 0 Å². The summed E-state index contributed by atoms with van der Waals surface area (Å²) in [5.74, 6) is 0.638. The van der Waals surface area contributed by atoms with Crippen LogP contribution in [0.4, 0.5) is 0 Å². The first-order valence-corrected chi connectivity index (χ1v) is 7.39. The predicted molar refractivity (Wildman–Crippen MR) is 90.0 cm³/mol. The highest BCUT2D eigenvalue weighted by molar-refractivity contribution is 5.85. The number of ether oxygens (including phenoxy) is 2. The van der Waals surface area contributed by atoms with E-state index in [4.69, 9.17) is 14.6 Å². The highest BCUT2D eigenvalue weighted by Crippen LogP contribution is 2.20. The summed E-state index contributed by atoms with van der Waals surface area (Å²) in [5, 5.41) is 8.58. The normalized spacial score (nSPS) is 10.7. The van der Waals surface area contributed by atoms with Crippen LogP contribution in [0.2, 0.25) is 0 Å². The molecule has 1 N–H and O–H groups in total. The number of rotatable bonds is 7. The van der Waals surface area contributed by atoms with Crippen molar-refractivity contribution in [3.05, 3.63) is 65.2 Å². The van der Waals surface area contributed by atoms with E-state index in [1.807, 2.05) is 19.1 Å². The summed E-state index contributed by atoms with van der Waals surface area (Å²) in [7, 11) is 0. The van der Waals surface area contributed by atoms with Gasteiger partial charge >= 0.3 is 5.97 Å². The maximum atomic E-state index is 10.5. The van der Waals surface area contributed by atoms with Crippen molar-refractivity contribution in [1.29, 1.82) is 0 Å². The number of carboxylic acid groups (broad SMARTS) is 1. The summed E-state index contributed by atoms with van der Waals surface area (Å²) < 4.78 is 11.3. The molecule has 2 rings (SSSR count). The molecule has 0 aliphatic heterocycles. The van der Waals surface area contributed by atoms with Crippen LogP contribution in [0, 0.1) is 13.8 Å². The van der Waals surface area contributed by atoms with E-state index < -0.39 is 5.97 Å². The molecule has 0 aromatic heterocycles. The molecule has 0 atom stereocenters. The Hall–Kier alpha value is -2.75. The minimum Gasteiger partial charge on any atom is -0.490 e. The Bertz CT molecular complexity index is 687. The van der Waals surface area contributed by atoms with E-state index in [-0.39, 0.29) is 0 Å². The standard InChI is InChI=1S/C19H20O4/c1-14-4-3-5-18(15(14)2)23-13-12-22-17-9-6-16(7-10-17)8-11-19(20)21/h3-11H,12-13H2,1-2H3,(H,20,21). The third kappa shape index (κ3) is 5.18. The van der Waals surface area contributed by atoms with Crippen molar-refractivity contribution in [3.8, 4) is 11.5 Å². The fourth-order valence-electron chi connectivity index (χ4n) is 2.03. The highest BCUT2D eigenvalue weighted by Gasteiger charge is 2.01. The molecule has 0 saturated heterocycles. The molecular weight excluding hydrogens is 292 g/mol. The zero-order valence-corrected chi connectivity index (χ0v) is 13.3. The van der Waals surface area contributed by atoms with E-state index in [1.165, 1.54) is 11.6 Å². The topological polar surface area (TPSA) is 55.8 Å². The Morgan fingerprint density at radius 2 is 1.74 bits per heavy atom. The molecule has 2 aromatic rings. The molecule has 4 heteroatoms. The minimum atomic E-state index is -0.964. The van der Waals surface area contributed by atoms with Crippen LogP contribution in [0.15, 0.2) is 48.5 Å². The molecule has 0 bridgehead atoms. The van der Waals surface area contributed by atoms with E-state index in [9.17, 15) is 4.79 Å². The number of hydrogen-bond acceptors (Lipinski definition) is 3. The fourth-order valence-corrected chi connectivity index (χ4v) is 2.03. The quantitative estimate of drug-likeness (QED) is 0.623. The average Bonchev–Trinajstić information content (AvgIpc) is 2.54. The van der Waals surface area contributed by atoms with Gasteiger partial charge < -0.3 is 14.6 Å². The van der Waals surface area contributed by atoms with Crippen LogP contribution in [-0.2, 0) is 4.79 Å². The number of hydrogen-bond donors (Lipinski definition) is 1. The Kier molecular flexibility index (Phi) is 5.80. The second-order valence-electron chi connectivity index (χ2n) is 5.14. The first kappa shape index (κ1) is 16.6. The van der Waals surface area contributed by atoms with Gasteiger partial charge in [-0.15, -0.1) is 0 Å². The second kappa shape index (κ2) is 8.03. The summed E-state index contributed by atoms with van der Waals surface area (Å²) in [6, 6.07) is 13.2. The van der Waals surface area contributed by atoms with Crippen molar-refractivity contribution in [1.82, 2.24) is 0 Å². The summed E-state index contributed by atoms with van der Waals surface area (Å²) in [6.07, 6.45) is 2.64. The molecule has 0 radical (unpaired) electrons. The third-order valence-corrected chi connectivity index (χ3v) is 3.46. The zero-order valence-electron chi connectivity index (χ0n) is 13.3. The average molecular weight is 312 g/mol. The molecule has 0 heterocycles. The van der Waals surface area contributed by atoms with Gasteiger partial charge in [0.15, 0.2) is 0 Å².